The van der Waals surface area contributed by atoms with E-state index in [1.807, 2.05) is 18.2 Å². The van der Waals surface area contributed by atoms with E-state index in [1.54, 1.807) is 60.8 Å². The van der Waals surface area contributed by atoms with Crippen LogP contribution in [0.5, 0.6) is 5.75 Å². The number of halogens is 3. The lowest BCUT2D eigenvalue weighted by Crippen LogP contribution is -2.15. The Labute approximate surface area is 195 Å². The highest BCUT2D eigenvalue weighted by Crippen LogP contribution is 2.34. The summed E-state index contributed by atoms with van der Waals surface area (Å²) in [6, 6.07) is 24.4. The number of rotatable bonds is 7. The maximum atomic E-state index is 13.3. The minimum Gasteiger partial charge on any atom is -0.493 e. The summed E-state index contributed by atoms with van der Waals surface area (Å²) in [6.45, 7) is 0.438. The summed E-state index contributed by atoms with van der Waals surface area (Å²) in [7, 11) is 0. The number of carbonyl (C=O) groups is 1. The summed E-state index contributed by atoms with van der Waals surface area (Å²) in [5.74, 6) is -0.0215. The van der Waals surface area contributed by atoms with Crippen molar-refractivity contribution in [2.45, 2.75) is 12.6 Å². The molecule has 0 aliphatic carbocycles. The van der Waals surface area contributed by atoms with Crippen molar-refractivity contribution in [3.8, 4) is 16.9 Å². The van der Waals surface area contributed by atoms with Gasteiger partial charge in [-0.3, -0.25) is 9.78 Å². The van der Waals surface area contributed by atoms with Crippen molar-refractivity contribution in [2.75, 3.05) is 11.9 Å². The topological polar surface area (TPSA) is 51.2 Å². The molecule has 0 unspecified atom stereocenters. The van der Waals surface area contributed by atoms with Crippen molar-refractivity contribution in [3.05, 3.63) is 114 Å². The Balaban J connectivity index is 1.48. The lowest BCUT2D eigenvalue weighted by atomic mass is 9.96. The van der Waals surface area contributed by atoms with E-state index >= 15 is 0 Å². The van der Waals surface area contributed by atoms with Crippen LogP contribution in [0.15, 0.2) is 97.2 Å². The number of amides is 1. The summed E-state index contributed by atoms with van der Waals surface area (Å²) < 4.78 is 45.6. The third-order valence-corrected chi connectivity index (χ3v) is 5.14. The van der Waals surface area contributed by atoms with Crippen molar-refractivity contribution in [2.24, 2.45) is 0 Å². The molecule has 0 radical (unpaired) electrons. The number of benzene rings is 3. The standard InChI is InChI=1S/C27H21F3N2O2/c28-27(29,30)20-9-14-24(19-6-2-1-3-7-19)25(18-20)26(33)32-22-10-12-23(13-11-22)34-17-15-21-8-4-5-16-31-21/h1-14,16,18H,15,17H2,(H,32,33). The zero-order chi connectivity index (χ0) is 24.0. The number of alkyl halides is 3. The highest BCUT2D eigenvalue weighted by Gasteiger charge is 2.32. The van der Waals surface area contributed by atoms with Crippen LogP contribution in [0, 0.1) is 0 Å². The van der Waals surface area contributed by atoms with Crippen LogP contribution in [0.4, 0.5) is 18.9 Å². The molecule has 1 heterocycles. The van der Waals surface area contributed by atoms with Crippen LogP contribution in [0.1, 0.15) is 21.6 Å². The van der Waals surface area contributed by atoms with E-state index in [1.165, 1.54) is 6.07 Å². The molecule has 172 valence electrons. The molecule has 4 rings (SSSR count). The zero-order valence-electron chi connectivity index (χ0n) is 18.0. The molecule has 4 aromatic rings. The van der Waals surface area contributed by atoms with E-state index in [9.17, 15) is 18.0 Å². The normalized spacial score (nSPS) is 11.1. The number of nitrogens with zero attached hydrogens (tertiary/aromatic N) is 1. The lowest BCUT2D eigenvalue weighted by molar-refractivity contribution is -0.137. The number of pyridine rings is 1. The van der Waals surface area contributed by atoms with Gasteiger partial charge in [0.05, 0.1) is 12.2 Å². The third-order valence-electron chi connectivity index (χ3n) is 5.14. The predicted molar refractivity (Wildman–Crippen MR) is 125 cm³/mol. The van der Waals surface area contributed by atoms with Gasteiger partial charge in [0.2, 0.25) is 0 Å². The number of anilines is 1. The Hall–Kier alpha value is -4.13. The Kier molecular flexibility index (Phi) is 6.92. The Morgan fingerprint density at radius 1 is 0.882 bits per heavy atom. The molecule has 0 bridgehead atoms. The zero-order valence-corrected chi connectivity index (χ0v) is 18.0. The molecule has 1 N–H and O–H groups in total. The second-order valence-electron chi connectivity index (χ2n) is 7.52. The molecular weight excluding hydrogens is 441 g/mol. The van der Waals surface area contributed by atoms with Crippen LogP contribution in [-0.4, -0.2) is 17.5 Å². The van der Waals surface area contributed by atoms with Crippen LogP contribution in [0.3, 0.4) is 0 Å². The maximum absolute atomic E-state index is 13.3. The maximum Gasteiger partial charge on any atom is 0.416 e. The van der Waals surface area contributed by atoms with Crippen molar-refractivity contribution in [1.29, 1.82) is 0 Å². The minimum absolute atomic E-state index is 0.0586. The van der Waals surface area contributed by atoms with Crippen molar-refractivity contribution < 1.29 is 22.7 Å². The largest absolute Gasteiger partial charge is 0.493 e. The fourth-order valence-electron chi connectivity index (χ4n) is 3.43. The SMILES string of the molecule is O=C(Nc1ccc(OCCc2ccccn2)cc1)c1cc(C(F)(F)F)ccc1-c1ccccc1. The molecule has 34 heavy (non-hydrogen) atoms. The second kappa shape index (κ2) is 10.2. The number of hydrogen-bond donors (Lipinski definition) is 1. The number of carbonyl (C=O) groups excluding carboxylic acids is 1. The van der Waals surface area contributed by atoms with Crippen LogP contribution < -0.4 is 10.1 Å². The van der Waals surface area contributed by atoms with Gasteiger partial charge in [-0.1, -0.05) is 42.5 Å². The smallest absolute Gasteiger partial charge is 0.416 e. The number of ether oxygens (including phenoxy) is 1. The molecule has 3 aromatic carbocycles. The lowest BCUT2D eigenvalue weighted by Gasteiger charge is -2.14. The molecule has 0 saturated carbocycles. The van der Waals surface area contributed by atoms with E-state index in [2.05, 4.69) is 10.3 Å². The predicted octanol–water partition coefficient (Wildman–Crippen LogP) is 6.64. The summed E-state index contributed by atoms with van der Waals surface area (Å²) in [5, 5.41) is 2.68. The summed E-state index contributed by atoms with van der Waals surface area (Å²) in [5.41, 5.74) is 1.49. The van der Waals surface area contributed by atoms with Gasteiger partial charge in [-0.2, -0.15) is 13.2 Å². The Bertz CT molecular complexity index is 1240. The van der Waals surface area contributed by atoms with Gasteiger partial charge in [-0.05, 0) is 59.7 Å². The van der Waals surface area contributed by atoms with Gasteiger partial charge < -0.3 is 10.1 Å². The van der Waals surface area contributed by atoms with Gasteiger partial charge in [0.15, 0.2) is 0 Å². The molecule has 0 fully saturated rings. The highest BCUT2D eigenvalue weighted by atomic mass is 19.4. The first-order valence-electron chi connectivity index (χ1n) is 10.6. The number of aromatic nitrogens is 1. The molecular formula is C27H21F3N2O2. The van der Waals surface area contributed by atoms with Crippen molar-refractivity contribution in [3.63, 3.8) is 0 Å². The minimum atomic E-state index is -4.56. The fraction of sp³-hybridized carbons (Fsp3) is 0.111. The quantitative estimate of drug-likeness (QED) is 0.335. The highest BCUT2D eigenvalue weighted by molar-refractivity contribution is 6.08. The fourth-order valence-corrected chi connectivity index (χ4v) is 3.43. The molecule has 0 saturated heterocycles. The summed E-state index contributed by atoms with van der Waals surface area (Å²) in [6.07, 6.45) is -2.18. The van der Waals surface area contributed by atoms with E-state index in [-0.39, 0.29) is 5.56 Å². The van der Waals surface area contributed by atoms with Crippen molar-refractivity contribution in [1.82, 2.24) is 4.98 Å². The van der Waals surface area contributed by atoms with E-state index < -0.39 is 17.6 Å². The molecule has 0 aliphatic rings. The average Bonchev–Trinajstić information content (AvgIpc) is 2.85. The van der Waals surface area contributed by atoms with Crippen LogP contribution in [-0.2, 0) is 12.6 Å². The average molecular weight is 462 g/mol. The van der Waals surface area contributed by atoms with Gasteiger partial charge in [-0.25, -0.2) is 0 Å². The molecule has 1 amide bonds. The molecule has 7 heteroatoms. The summed E-state index contributed by atoms with van der Waals surface area (Å²) in [4.78, 5) is 17.2. The first-order chi connectivity index (χ1) is 16.4. The Morgan fingerprint density at radius 3 is 2.29 bits per heavy atom. The van der Waals surface area contributed by atoms with Gasteiger partial charge in [-0.15, -0.1) is 0 Å². The molecule has 0 atom stereocenters. The van der Waals surface area contributed by atoms with Crippen LogP contribution in [0.25, 0.3) is 11.1 Å². The number of nitrogens with one attached hydrogen (secondary N) is 1. The second-order valence-corrected chi connectivity index (χ2v) is 7.52. The van der Waals surface area contributed by atoms with E-state index in [0.29, 0.717) is 35.6 Å². The number of hydrogen-bond acceptors (Lipinski definition) is 3. The molecule has 0 spiro atoms. The van der Waals surface area contributed by atoms with Crippen molar-refractivity contribution >= 4 is 11.6 Å². The first kappa shape index (κ1) is 23.0. The molecule has 4 nitrogen and oxygen atoms in total. The van der Waals surface area contributed by atoms with Crippen LogP contribution >= 0.6 is 0 Å². The monoisotopic (exact) mass is 462 g/mol. The first-order valence-corrected chi connectivity index (χ1v) is 10.6. The summed E-state index contributed by atoms with van der Waals surface area (Å²) >= 11 is 0. The van der Waals surface area contributed by atoms with Gasteiger partial charge in [0, 0.05) is 29.6 Å². The van der Waals surface area contributed by atoms with Gasteiger partial charge >= 0.3 is 6.18 Å². The Morgan fingerprint density at radius 2 is 1.62 bits per heavy atom. The third kappa shape index (κ3) is 5.81. The molecule has 0 aliphatic heterocycles. The van der Waals surface area contributed by atoms with Crippen LogP contribution in [0.2, 0.25) is 0 Å². The van der Waals surface area contributed by atoms with E-state index in [4.69, 9.17) is 4.74 Å². The van der Waals surface area contributed by atoms with Gasteiger partial charge in [0.25, 0.3) is 5.91 Å². The van der Waals surface area contributed by atoms with E-state index in [0.717, 1.165) is 17.8 Å². The van der Waals surface area contributed by atoms with Gasteiger partial charge in [0.1, 0.15) is 5.75 Å². The molecule has 1 aromatic heterocycles.